The third kappa shape index (κ3) is 3.68. The number of likely N-dealkylation sites (tertiary alicyclic amines) is 1. The molecule has 1 unspecified atom stereocenters. The van der Waals surface area contributed by atoms with Crippen LogP contribution in [0, 0.1) is 5.92 Å². The summed E-state index contributed by atoms with van der Waals surface area (Å²) in [4.78, 5) is 2.71. The number of nitrogens with zero attached hydrogens (tertiary/aromatic N) is 1. The molecule has 21 heavy (non-hydrogen) atoms. The summed E-state index contributed by atoms with van der Waals surface area (Å²) >= 11 is 0. The first-order valence-corrected chi connectivity index (χ1v) is 8.31. The van der Waals surface area contributed by atoms with Crippen LogP contribution >= 0.6 is 0 Å². The molecule has 0 spiro atoms. The molecule has 3 rings (SSSR count). The molecule has 1 N–H and O–H groups in total. The highest BCUT2D eigenvalue weighted by molar-refractivity contribution is 5.53. The average molecular weight is 284 g/mol. The van der Waals surface area contributed by atoms with Gasteiger partial charge in [0.2, 0.25) is 0 Å². The second kappa shape index (κ2) is 5.84. The van der Waals surface area contributed by atoms with Crippen molar-refractivity contribution in [3.8, 4) is 0 Å². The summed E-state index contributed by atoms with van der Waals surface area (Å²) in [6.45, 7) is 11.2. The lowest BCUT2D eigenvalue weighted by molar-refractivity contribution is 0.0660. The molecule has 1 aromatic rings. The zero-order valence-corrected chi connectivity index (χ0v) is 13.4. The van der Waals surface area contributed by atoms with Crippen LogP contribution in [0.2, 0.25) is 0 Å². The number of hydrogen-bond donors (Lipinski definition) is 1. The Morgan fingerprint density at radius 2 is 1.95 bits per heavy atom. The first-order chi connectivity index (χ1) is 10.1. The van der Waals surface area contributed by atoms with Gasteiger partial charge in [-0.15, -0.1) is 0 Å². The quantitative estimate of drug-likeness (QED) is 0.862. The van der Waals surface area contributed by atoms with Crippen molar-refractivity contribution in [1.29, 1.82) is 0 Å². The molecule has 1 saturated carbocycles. The van der Waals surface area contributed by atoms with Crippen LogP contribution in [-0.4, -0.2) is 29.6 Å². The Bertz CT molecular complexity index is 485. The molecule has 1 aliphatic heterocycles. The Morgan fingerprint density at radius 1 is 1.24 bits per heavy atom. The molecule has 2 fully saturated rings. The largest absolute Gasteiger partial charge is 0.382 e. The van der Waals surface area contributed by atoms with E-state index in [-0.39, 0.29) is 0 Å². The van der Waals surface area contributed by atoms with Gasteiger partial charge in [0.15, 0.2) is 0 Å². The molecule has 1 aliphatic carbocycles. The maximum Gasteiger partial charge on any atom is 0.0342 e. The summed E-state index contributed by atoms with van der Waals surface area (Å²) in [7, 11) is 0. The molecule has 0 radical (unpaired) electrons. The van der Waals surface area contributed by atoms with Gasteiger partial charge in [-0.3, -0.25) is 4.90 Å². The third-order valence-corrected chi connectivity index (χ3v) is 5.04. The molecular weight excluding hydrogens is 256 g/mol. The number of hydrogen-bond acceptors (Lipinski definition) is 2. The van der Waals surface area contributed by atoms with E-state index in [1.54, 1.807) is 0 Å². The SMILES string of the molecule is C=Cc1ccc(NC2CCN(CC3CC3)C(C)(C)C2)cc1. The third-order valence-electron chi connectivity index (χ3n) is 5.04. The first-order valence-electron chi connectivity index (χ1n) is 8.31. The molecule has 0 bridgehead atoms. The number of benzene rings is 1. The minimum Gasteiger partial charge on any atom is -0.382 e. The molecule has 2 aliphatic rings. The predicted octanol–water partition coefficient (Wildman–Crippen LogP) is 4.39. The van der Waals surface area contributed by atoms with Crippen molar-refractivity contribution < 1.29 is 0 Å². The van der Waals surface area contributed by atoms with Crippen molar-refractivity contribution in [3.05, 3.63) is 36.4 Å². The van der Waals surface area contributed by atoms with Gasteiger partial charge in [-0.25, -0.2) is 0 Å². The Balaban J connectivity index is 1.58. The van der Waals surface area contributed by atoms with Crippen molar-refractivity contribution in [3.63, 3.8) is 0 Å². The van der Waals surface area contributed by atoms with E-state index < -0.39 is 0 Å². The molecule has 0 aromatic heterocycles. The number of piperidine rings is 1. The van der Waals surface area contributed by atoms with E-state index in [0.717, 1.165) is 5.92 Å². The average Bonchev–Trinajstić information content (AvgIpc) is 3.26. The van der Waals surface area contributed by atoms with Crippen LogP contribution in [0.15, 0.2) is 30.8 Å². The van der Waals surface area contributed by atoms with Gasteiger partial charge in [0.25, 0.3) is 0 Å². The smallest absolute Gasteiger partial charge is 0.0342 e. The number of rotatable bonds is 5. The molecule has 114 valence electrons. The fourth-order valence-electron chi connectivity index (χ4n) is 3.47. The van der Waals surface area contributed by atoms with Crippen molar-refractivity contribution in [2.24, 2.45) is 5.92 Å². The monoisotopic (exact) mass is 284 g/mol. The van der Waals surface area contributed by atoms with Gasteiger partial charge >= 0.3 is 0 Å². The van der Waals surface area contributed by atoms with Gasteiger partial charge in [0.1, 0.15) is 0 Å². The molecule has 2 heteroatoms. The van der Waals surface area contributed by atoms with Crippen LogP contribution in [0.25, 0.3) is 6.08 Å². The maximum absolute atomic E-state index is 3.81. The van der Waals surface area contributed by atoms with Crippen LogP contribution in [0.4, 0.5) is 5.69 Å². The zero-order valence-electron chi connectivity index (χ0n) is 13.4. The Labute approximate surface area is 129 Å². The molecule has 1 saturated heterocycles. The van der Waals surface area contributed by atoms with Crippen molar-refractivity contribution in [2.75, 3.05) is 18.4 Å². The van der Waals surface area contributed by atoms with Crippen molar-refractivity contribution >= 4 is 11.8 Å². The lowest BCUT2D eigenvalue weighted by Gasteiger charge is -2.46. The van der Waals surface area contributed by atoms with Crippen LogP contribution < -0.4 is 5.32 Å². The zero-order chi connectivity index (χ0) is 14.9. The van der Waals surface area contributed by atoms with Crippen molar-refractivity contribution in [2.45, 2.75) is 51.1 Å². The van der Waals surface area contributed by atoms with Gasteiger partial charge in [-0.05, 0) is 63.1 Å². The molecule has 1 aromatic carbocycles. The van der Waals surface area contributed by atoms with Crippen LogP contribution in [0.5, 0.6) is 0 Å². The Kier molecular flexibility index (Phi) is 4.08. The summed E-state index contributed by atoms with van der Waals surface area (Å²) in [6, 6.07) is 9.18. The standard InChI is InChI=1S/C19H28N2/c1-4-15-7-9-17(10-8-15)20-18-11-12-21(14-16-5-6-16)19(2,3)13-18/h4,7-10,16,18,20H,1,5-6,11-14H2,2-3H3. The van der Waals surface area contributed by atoms with E-state index in [1.807, 2.05) is 6.08 Å². The van der Waals surface area contributed by atoms with Gasteiger partial charge in [-0.2, -0.15) is 0 Å². The summed E-state index contributed by atoms with van der Waals surface area (Å²) in [5.74, 6) is 0.986. The minimum atomic E-state index is 0.319. The summed E-state index contributed by atoms with van der Waals surface area (Å²) in [5.41, 5.74) is 2.73. The van der Waals surface area contributed by atoms with E-state index in [4.69, 9.17) is 0 Å². The second-order valence-electron chi connectivity index (χ2n) is 7.36. The van der Waals surface area contributed by atoms with E-state index in [2.05, 4.69) is 54.9 Å². The molecule has 0 amide bonds. The Hall–Kier alpha value is -1.28. The van der Waals surface area contributed by atoms with Crippen LogP contribution in [0.3, 0.4) is 0 Å². The molecule has 2 nitrogen and oxygen atoms in total. The highest BCUT2D eigenvalue weighted by Gasteiger charge is 2.37. The molecular formula is C19H28N2. The van der Waals surface area contributed by atoms with Gasteiger partial charge in [0.05, 0.1) is 0 Å². The fourth-order valence-corrected chi connectivity index (χ4v) is 3.47. The molecule has 1 heterocycles. The number of anilines is 1. The lowest BCUT2D eigenvalue weighted by atomic mass is 9.86. The first kappa shape index (κ1) is 14.6. The Morgan fingerprint density at radius 3 is 2.52 bits per heavy atom. The van der Waals surface area contributed by atoms with E-state index >= 15 is 0 Å². The predicted molar refractivity (Wildman–Crippen MR) is 91.6 cm³/mol. The second-order valence-corrected chi connectivity index (χ2v) is 7.36. The minimum absolute atomic E-state index is 0.319. The molecule has 1 atom stereocenters. The number of nitrogens with one attached hydrogen (secondary N) is 1. The van der Waals surface area contributed by atoms with E-state index in [0.29, 0.717) is 11.6 Å². The van der Waals surface area contributed by atoms with Crippen LogP contribution in [0.1, 0.15) is 45.1 Å². The van der Waals surface area contributed by atoms with Gasteiger partial charge in [-0.1, -0.05) is 24.8 Å². The normalized spacial score (nSPS) is 25.5. The van der Waals surface area contributed by atoms with Crippen molar-refractivity contribution in [1.82, 2.24) is 4.90 Å². The lowest BCUT2D eigenvalue weighted by Crippen LogP contribution is -2.53. The summed E-state index contributed by atoms with van der Waals surface area (Å²) in [5, 5.41) is 3.72. The topological polar surface area (TPSA) is 15.3 Å². The van der Waals surface area contributed by atoms with Crippen LogP contribution in [-0.2, 0) is 0 Å². The highest BCUT2D eigenvalue weighted by atomic mass is 15.2. The van der Waals surface area contributed by atoms with E-state index in [1.165, 1.54) is 50.0 Å². The summed E-state index contributed by atoms with van der Waals surface area (Å²) in [6.07, 6.45) is 7.26. The summed E-state index contributed by atoms with van der Waals surface area (Å²) < 4.78 is 0. The van der Waals surface area contributed by atoms with E-state index in [9.17, 15) is 0 Å². The van der Waals surface area contributed by atoms with Gasteiger partial charge < -0.3 is 5.32 Å². The van der Waals surface area contributed by atoms with Gasteiger partial charge in [0, 0.05) is 30.4 Å². The maximum atomic E-state index is 3.81. The fraction of sp³-hybridized carbons (Fsp3) is 0.579. The highest BCUT2D eigenvalue weighted by Crippen LogP contribution is 2.36.